The molecule has 29 heavy (non-hydrogen) atoms. The van der Waals surface area contributed by atoms with E-state index in [1.807, 2.05) is 29.2 Å². The number of rotatable bonds is 10. The molecule has 0 unspecified atom stereocenters. The van der Waals surface area contributed by atoms with Crippen molar-refractivity contribution in [3.05, 3.63) is 29.8 Å². The number of nitrogens with two attached hydrogens (primary N) is 1. The lowest BCUT2D eigenvalue weighted by Gasteiger charge is -2.36. The first-order valence-corrected chi connectivity index (χ1v) is 11.0. The van der Waals surface area contributed by atoms with Gasteiger partial charge >= 0.3 is 0 Å². The summed E-state index contributed by atoms with van der Waals surface area (Å²) in [4.78, 5) is 28.7. The lowest BCUT2D eigenvalue weighted by molar-refractivity contribution is -0.134. The van der Waals surface area contributed by atoms with Crippen LogP contribution in [0, 0.1) is 11.8 Å². The van der Waals surface area contributed by atoms with E-state index in [1.54, 1.807) is 0 Å². The largest absolute Gasteiger partial charge is 0.494 e. The molecule has 1 saturated carbocycles. The third kappa shape index (κ3) is 6.54. The summed E-state index contributed by atoms with van der Waals surface area (Å²) in [5, 5.41) is 0. The molecule has 2 fully saturated rings. The Morgan fingerprint density at radius 1 is 1.10 bits per heavy atom. The molecule has 6 nitrogen and oxygen atoms in total. The van der Waals surface area contributed by atoms with Crippen molar-refractivity contribution in [2.75, 3.05) is 39.3 Å². The van der Waals surface area contributed by atoms with E-state index in [2.05, 4.69) is 18.7 Å². The molecular weight excluding hydrogens is 366 g/mol. The van der Waals surface area contributed by atoms with Gasteiger partial charge in [-0.3, -0.25) is 14.5 Å². The van der Waals surface area contributed by atoms with Crippen LogP contribution in [0.2, 0.25) is 0 Å². The molecule has 0 spiro atoms. The normalized spacial score (nSPS) is 18.7. The van der Waals surface area contributed by atoms with Crippen LogP contribution in [0.4, 0.5) is 0 Å². The minimum Gasteiger partial charge on any atom is -0.494 e. The molecule has 2 N–H and O–H groups in total. The first-order chi connectivity index (χ1) is 13.9. The van der Waals surface area contributed by atoms with Gasteiger partial charge in [-0.15, -0.1) is 0 Å². The highest BCUT2D eigenvalue weighted by molar-refractivity contribution is 5.99. The van der Waals surface area contributed by atoms with Crippen LogP contribution in [0.15, 0.2) is 24.3 Å². The van der Waals surface area contributed by atoms with Crippen LogP contribution in [0.1, 0.15) is 49.9 Å². The zero-order chi connectivity index (χ0) is 20.8. The van der Waals surface area contributed by atoms with E-state index in [0.29, 0.717) is 12.5 Å². The molecule has 1 aliphatic heterocycles. The first-order valence-electron chi connectivity index (χ1n) is 11.0. The Labute approximate surface area is 174 Å². The van der Waals surface area contributed by atoms with Crippen LogP contribution in [0.5, 0.6) is 5.75 Å². The number of benzene rings is 1. The van der Waals surface area contributed by atoms with E-state index < -0.39 is 0 Å². The van der Waals surface area contributed by atoms with E-state index in [9.17, 15) is 9.59 Å². The summed E-state index contributed by atoms with van der Waals surface area (Å²) in [5.74, 6) is 1.85. The summed E-state index contributed by atoms with van der Waals surface area (Å²) in [6.07, 6.45) is 3.74. The summed E-state index contributed by atoms with van der Waals surface area (Å²) in [6.45, 7) is 9.07. The molecule has 6 heteroatoms. The van der Waals surface area contributed by atoms with Crippen molar-refractivity contribution in [2.45, 2.75) is 45.6 Å². The van der Waals surface area contributed by atoms with Gasteiger partial charge in [0, 0.05) is 44.2 Å². The van der Waals surface area contributed by atoms with Gasteiger partial charge in [0.25, 0.3) is 0 Å². The lowest BCUT2D eigenvalue weighted by Crippen LogP contribution is -2.53. The monoisotopic (exact) mass is 401 g/mol. The molecule has 0 radical (unpaired) electrons. The summed E-state index contributed by atoms with van der Waals surface area (Å²) in [5.41, 5.74) is 6.83. The third-order valence-electron chi connectivity index (χ3n) is 5.70. The quantitative estimate of drug-likeness (QED) is 0.482. The maximum Gasteiger partial charge on any atom is 0.239 e. The van der Waals surface area contributed by atoms with E-state index in [-0.39, 0.29) is 23.7 Å². The van der Waals surface area contributed by atoms with Gasteiger partial charge in [0.1, 0.15) is 5.75 Å². The van der Waals surface area contributed by atoms with Gasteiger partial charge in [0.2, 0.25) is 5.91 Å². The van der Waals surface area contributed by atoms with E-state index in [4.69, 9.17) is 10.5 Å². The number of piperazine rings is 1. The molecule has 1 atom stereocenters. The smallest absolute Gasteiger partial charge is 0.239 e. The summed E-state index contributed by atoms with van der Waals surface area (Å²) < 4.78 is 5.82. The van der Waals surface area contributed by atoms with Gasteiger partial charge in [-0.2, -0.15) is 0 Å². The van der Waals surface area contributed by atoms with Crippen LogP contribution in [0.3, 0.4) is 0 Å². The van der Waals surface area contributed by atoms with Crippen LogP contribution in [-0.4, -0.2) is 66.9 Å². The van der Waals surface area contributed by atoms with Gasteiger partial charge in [-0.1, -0.05) is 13.8 Å². The van der Waals surface area contributed by atoms with Crippen LogP contribution < -0.4 is 10.5 Å². The maximum absolute atomic E-state index is 12.4. The first kappa shape index (κ1) is 21.8. The summed E-state index contributed by atoms with van der Waals surface area (Å²) in [7, 11) is 0. The van der Waals surface area contributed by atoms with Crippen molar-refractivity contribution in [2.24, 2.45) is 17.6 Å². The van der Waals surface area contributed by atoms with Gasteiger partial charge in [0.15, 0.2) is 5.78 Å². The minimum atomic E-state index is -0.374. The van der Waals surface area contributed by atoms with Crippen molar-refractivity contribution in [3.63, 3.8) is 0 Å². The molecule has 1 amide bonds. The predicted molar refractivity (Wildman–Crippen MR) is 114 cm³/mol. The van der Waals surface area contributed by atoms with E-state index in [0.717, 1.165) is 69.7 Å². The third-order valence-corrected chi connectivity index (χ3v) is 5.70. The fourth-order valence-electron chi connectivity index (χ4n) is 3.81. The molecule has 1 aliphatic carbocycles. The molecule has 2 aliphatic rings. The van der Waals surface area contributed by atoms with Crippen molar-refractivity contribution in [3.8, 4) is 5.75 Å². The van der Waals surface area contributed by atoms with Crippen LogP contribution in [-0.2, 0) is 4.79 Å². The fourth-order valence-corrected chi connectivity index (χ4v) is 3.81. The Morgan fingerprint density at radius 2 is 1.76 bits per heavy atom. The van der Waals surface area contributed by atoms with Crippen molar-refractivity contribution < 1.29 is 14.3 Å². The number of ether oxygens (including phenoxy) is 1. The summed E-state index contributed by atoms with van der Waals surface area (Å²) in [6, 6.07) is 7.15. The molecule has 0 aromatic heterocycles. The Morgan fingerprint density at radius 3 is 2.34 bits per heavy atom. The fraction of sp³-hybridized carbons (Fsp3) is 0.652. The van der Waals surface area contributed by atoms with Gasteiger partial charge < -0.3 is 15.4 Å². The SMILES string of the molecule is CC(C)C[C@@H](N)C(=O)N1CCN(CCCOc2ccc(C(=O)C3CC3)cc2)CC1. The molecule has 3 rings (SSSR count). The molecule has 1 saturated heterocycles. The topological polar surface area (TPSA) is 75.9 Å². The van der Waals surface area contributed by atoms with E-state index >= 15 is 0 Å². The van der Waals surface area contributed by atoms with Gasteiger partial charge in [0.05, 0.1) is 12.6 Å². The highest BCUT2D eigenvalue weighted by atomic mass is 16.5. The van der Waals surface area contributed by atoms with Crippen molar-refractivity contribution in [1.29, 1.82) is 0 Å². The highest BCUT2D eigenvalue weighted by Gasteiger charge is 2.30. The second-order valence-corrected chi connectivity index (χ2v) is 8.77. The van der Waals surface area contributed by atoms with Crippen LogP contribution in [0.25, 0.3) is 0 Å². The minimum absolute atomic E-state index is 0.0882. The number of carbonyl (C=O) groups excluding carboxylic acids is 2. The molecule has 0 bridgehead atoms. The number of Topliss-reactive ketones (excluding diaryl/α,β-unsaturated/α-hetero) is 1. The van der Waals surface area contributed by atoms with Gasteiger partial charge in [-0.05, 0) is 55.9 Å². The molecule has 1 aromatic carbocycles. The Bertz CT molecular complexity index is 677. The molecule has 1 heterocycles. The van der Waals surface area contributed by atoms with E-state index in [1.165, 1.54) is 0 Å². The van der Waals surface area contributed by atoms with Crippen LogP contribution >= 0.6 is 0 Å². The van der Waals surface area contributed by atoms with Crippen molar-refractivity contribution >= 4 is 11.7 Å². The van der Waals surface area contributed by atoms with Gasteiger partial charge in [-0.25, -0.2) is 0 Å². The number of hydrogen-bond donors (Lipinski definition) is 1. The Balaban J connectivity index is 1.31. The summed E-state index contributed by atoms with van der Waals surface area (Å²) >= 11 is 0. The lowest BCUT2D eigenvalue weighted by atomic mass is 10.0. The second-order valence-electron chi connectivity index (χ2n) is 8.77. The molecule has 160 valence electrons. The number of amides is 1. The molecular formula is C23H35N3O3. The standard InChI is InChI=1S/C23H35N3O3/c1-17(2)16-21(24)23(28)26-13-11-25(12-14-26)10-3-15-29-20-8-6-19(7-9-20)22(27)18-4-5-18/h6-9,17-18,21H,3-5,10-16,24H2,1-2H3/t21-/m1/s1. The average molecular weight is 402 g/mol. The Hall–Kier alpha value is -1.92. The Kier molecular flexibility index (Phi) is 7.67. The highest BCUT2D eigenvalue weighted by Crippen LogP contribution is 2.32. The predicted octanol–water partition coefficient (Wildman–Crippen LogP) is 2.57. The molecule has 1 aromatic rings. The zero-order valence-corrected chi connectivity index (χ0v) is 17.8. The number of ketones is 1. The zero-order valence-electron chi connectivity index (χ0n) is 17.8. The second kappa shape index (κ2) is 10.2. The number of nitrogens with zero attached hydrogens (tertiary/aromatic N) is 2. The average Bonchev–Trinajstić information content (AvgIpc) is 3.56. The number of hydrogen-bond acceptors (Lipinski definition) is 5. The van der Waals surface area contributed by atoms with Crippen molar-refractivity contribution in [1.82, 2.24) is 9.80 Å². The number of carbonyl (C=O) groups is 2. The maximum atomic E-state index is 12.4.